The van der Waals surface area contributed by atoms with Crippen LogP contribution in [0, 0.1) is 0 Å². The number of ether oxygens (including phenoxy) is 1. The van der Waals surface area contributed by atoms with Crippen molar-refractivity contribution < 1.29 is 14.4 Å². The third kappa shape index (κ3) is 2.89. The predicted molar refractivity (Wildman–Crippen MR) is 58.1 cm³/mol. The summed E-state index contributed by atoms with van der Waals surface area (Å²) in [6, 6.07) is 0. The summed E-state index contributed by atoms with van der Waals surface area (Å²) in [6.07, 6.45) is 3.09. The molecule has 7 heteroatoms. The molecule has 0 aliphatic rings. The maximum Gasteiger partial charge on any atom is 0.229 e. The lowest BCUT2D eigenvalue weighted by molar-refractivity contribution is 0.0599. The van der Waals surface area contributed by atoms with E-state index in [9.17, 15) is 5.11 Å². The summed E-state index contributed by atoms with van der Waals surface area (Å²) in [5.41, 5.74) is 0.781. The van der Waals surface area contributed by atoms with Gasteiger partial charge in [-0.15, -0.1) is 0 Å². The van der Waals surface area contributed by atoms with Crippen molar-refractivity contribution in [2.45, 2.75) is 12.5 Å². The smallest absolute Gasteiger partial charge is 0.229 e. The second-order valence-corrected chi connectivity index (χ2v) is 3.73. The second-order valence-electron chi connectivity index (χ2n) is 3.73. The maximum absolute atomic E-state index is 9.52. The van der Waals surface area contributed by atoms with Crippen LogP contribution < -0.4 is 0 Å². The van der Waals surface area contributed by atoms with Gasteiger partial charge in [-0.2, -0.15) is 10.1 Å². The van der Waals surface area contributed by atoms with Gasteiger partial charge in [0, 0.05) is 20.4 Å². The van der Waals surface area contributed by atoms with E-state index in [1.165, 1.54) is 7.11 Å². The highest BCUT2D eigenvalue weighted by Crippen LogP contribution is 2.14. The molecule has 1 unspecified atom stereocenters. The average molecular weight is 238 g/mol. The molecule has 7 nitrogen and oxygen atoms in total. The fraction of sp³-hybridized carbons (Fsp3) is 0.500. The van der Waals surface area contributed by atoms with Gasteiger partial charge < -0.3 is 14.4 Å². The fourth-order valence-corrected chi connectivity index (χ4v) is 1.44. The van der Waals surface area contributed by atoms with Gasteiger partial charge in [0.1, 0.15) is 0 Å². The lowest BCUT2D eigenvalue weighted by Gasteiger charge is -2.04. The molecular formula is C10H14N4O3. The van der Waals surface area contributed by atoms with Gasteiger partial charge in [0.15, 0.2) is 0 Å². The highest BCUT2D eigenvalue weighted by Gasteiger charge is 2.13. The van der Waals surface area contributed by atoms with Crippen LogP contribution in [0.25, 0.3) is 11.4 Å². The van der Waals surface area contributed by atoms with Crippen LogP contribution in [0.5, 0.6) is 0 Å². The van der Waals surface area contributed by atoms with Crippen molar-refractivity contribution in [3.63, 3.8) is 0 Å². The number of hydrogen-bond acceptors (Lipinski definition) is 6. The summed E-state index contributed by atoms with van der Waals surface area (Å²) in [7, 11) is 3.34. The molecule has 0 bridgehead atoms. The summed E-state index contributed by atoms with van der Waals surface area (Å²) in [5.74, 6) is 0.853. The third-order valence-corrected chi connectivity index (χ3v) is 2.20. The number of aliphatic hydroxyl groups excluding tert-OH is 1. The van der Waals surface area contributed by atoms with E-state index in [2.05, 4.69) is 15.2 Å². The molecule has 92 valence electrons. The van der Waals surface area contributed by atoms with Crippen LogP contribution in [-0.2, 0) is 18.2 Å². The zero-order valence-electron chi connectivity index (χ0n) is 9.70. The van der Waals surface area contributed by atoms with Crippen LogP contribution >= 0.6 is 0 Å². The second kappa shape index (κ2) is 5.07. The summed E-state index contributed by atoms with van der Waals surface area (Å²) >= 11 is 0. The molecule has 2 aromatic heterocycles. The van der Waals surface area contributed by atoms with Crippen LogP contribution in [0.4, 0.5) is 0 Å². The maximum atomic E-state index is 9.52. The summed E-state index contributed by atoms with van der Waals surface area (Å²) in [6.45, 7) is 0.241. The van der Waals surface area contributed by atoms with Crippen LogP contribution in [0.3, 0.4) is 0 Å². The van der Waals surface area contributed by atoms with Gasteiger partial charge >= 0.3 is 0 Å². The standard InChI is InChI=1S/C10H14N4O3/c1-14-5-7(4-11-14)10-12-9(17-13-10)3-8(15)6-16-2/h4-5,8,15H,3,6H2,1-2H3. The molecule has 0 amide bonds. The lowest BCUT2D eigenvalue weighted by Crippen LogP contribution is -2.17. The van der Waals surface area contributed by atoms with Gasteiger partial charge in [-0.05, 0) is 0 Å². The van der Waals surface area contributed by atoms with Gasteiger partial charge in [-0.1, -0.05) is 5.16 Å². The molecule has 0 saturated carbocycles. The Hall–Kier alpha value is -1.73. The minimum Gasteiger partial charge on any atom is -0.390 e. The minimum atomic E-state index is -0.637. The van der Waals surface area contributed by atoms with Gasteiger partial charge in [0.2, 0.25) is 11.7 Å². The van der Waals surface area contributed by atoms with Crippen molar-refractivity contribution in [3.05, 3.63) is 18.3 Å². The van der Waals surface area contributed by atoms with Gasteiger partial charge in [0.25, 0.3) is 0 Å². The minimum absolute atomic E-state index is 0.241. The van der Waals surface area contributed by atoms with Crippen LogP contribution in [-0.4, -0.2) is 44.8 Å². The normalized spacial score (nSPS) is 12.9. The Morgan fingerprint density at radius 3 is 3.06 bits per heavy atom. The van der Waals surface area contributed by atoms with Gasteiger partial charge in [-0.25, -0.2) is 0 Å². The predicted octanol–water partition coefficient (Wildman–Crippen LogP) is 0.0199. The average Bonchev–Trinajstić information content (AvgIpc) is 2.87. The Labute approximate surface area is 98.0 Å². The molecule has 0 aliphatic heterocycles. The van der Waals surface area contributed by atoms with Crippen molar-refractivity contribution in [1.82, 2.24) is 19.9 Å². The van der Waals surface area contributed by atoms with Crippen LogP contribution in [0.15, 0.2) is 16.9 Å². The Balaban J connectivity index is 2.05. The van der Waals surface area contributed by atoms with Crippen molar-refractivity contribution in [1.29, 1.82) is 0 Å². The first-order chi connectivity index (χ1) is 8.19. The van der Waals surface area contributed by atoms with E-state index in [4.69, 9.17) is 9.26 Å². The highest BCUT2D eigenvalue weighted by atomic mass is 16.5. The zero-order valence-corrected chi connectivity index (χ0v) is 9.70. The van der Waals surface area contributed by atoms with E-state index in [0.29, 0.717) is 11.7 Å². The van der Waals surface area contributed by atoms with Crippen LogP contribution in [0.1, 0.15) is 5.89 Å². The summed E-state index contributed by atoms with van der Waals surface area (Å²) in [5, 5.41) is 17.4. The Morgan fingerprint density at radius 2 is 2.41 bits per heavy atom. The molecule has 1 atom stereocenters. The number of nitrogens with zero attached hydrogens (tertiary/aromatic N) is 4. The number of methoxy groups -OCH3 is 1. The molecule has 0 spiro atoms. The molecule has 2 rings (SSSR count). The summed E-state index contributed by atoms with van der Waals surface area (Å²) in [4.78, 5) is 4.17. The molecule has 0 radical (unpaired) electrons. The first-order valence-corrected chi connectivity index (χ1v) is 5.17. The first-order valence-electron chi connectivity index (χ1n) is 5.17. The molecule has 0 aromatic carbocycles. The Kier molecular flexibility index (Phi) is 3.50. The summed E-state index contributed by atoms with van der Waals surface area (Å²) < 4.78 is 11.5. The van der Waals surface area contributed by atoms with Crippen molar-refractivity contribution in [2.24, 2.45) is 7.05 Å². The number of rotatable bonds is 5. The topological polar surface area (TPSA) is 86.2 Å². The monoisotopic (exact) mass is 238 g/mol. The van der Waals surface area contributed by atoms with E-state index in [-0.39, 0.29) is 13.0 Å². The van der Waals surface area contributed by atoms with Crippen LogP contribution in [0.2, 0.25) is 0 Å². The fourth-order valence-electron chi connectivity index (χ4n) is 1.44. The Morgan fingerprint density at radius 1 is 1.59 bits per heavy atom. The van der Waals surface area contributed by atoms with E-state index >= 15 is 0 Å². The number of hydrogen-bond donors (Lipinski definition) is 1. The molecule has 0 saturated heterocycles. The number of aromatic nitrogens is 4. The quantitative estimate of drug-likeness (QED) is 0.790. The molecule has 1 N–H and O–H groups in total. The van der Waals surface area contributed by atoms with E-state index < -0.39 is 6.10 Å². The molecule has 17 heavy (non-hydrogen) atoms. The molecule has 2 aromatic rings. The van der Waals surface area contributed by atoms with Crippen molar-refractivity contribution >= 4 is 0 Å². The SMILES string of the molecule is COCC(O)Cc1nc(-c2cnn(C)c2)no1. The van der Waals surface area contributed by atoms with Gasteiger partial charge in [0.05, 0.1) is 30.9 Å². The van der Waals surface area contributed by atoms with Crippen molar-refractivity contribution in [2.75, 3.05) is 13.7 Å². The van der Waals surface area contributed by atoms with E-state index in [1.54, 1.807) is 17.1 Å². The molecular weight excluding hydrogens is 224 g/mol. The van der Waals surface area contributed by atoms with E-state index in [1.807, 2.05) is 7.05 Å². The third-order valence-electron chi connectivity index (χ3n) is 2.20. The first kappa shape index (κ1) is 11.7. The molecule has 0 aliphatic carbocycles. The number of aryl methyl sites for hydroxylation is 1. The Bertz CT molecular complexity index is 479. The lowest BCUT2D eigenvalue weighted by atomic mass is 10.2. The van der Waals surface area contributed by atoms with Crippen molar-refractivity contribution in [3.8, 4) is 11.4 Å². The number of aliphatic hydroxyl groups is 1. The molecule has 2 heterocycles. The molecule has 0 fully saturated rings. The van der Waals surface area contributed by atoms with E-state index in [0.717, 1.165) is 5.56 Å². The highest BCUT2D eigenvalue weighted by molar-refractivity contribution is 5.50. The zero-order chi connectivity index (χ0) is 12.3. The largest absolute Gasteiger partial charge is 0.390 e. The van der Waals surface area contributed by atoms with Gasteiger partial charge in [-0.3, -0.25) is 4.68 Å².